The molecule has 0 amide bonds. The molecule has 1 N–H and O–H groups in total. The van der Waals surface area contributed by atoms with E-state index in [1.54, 1.807) is 19.1 Å². The Labute approximate surface area is 103 Å². The minimum Gasteiger partial charge on any atom is -0.475 e. The Kier molecular flexibility index (Phi) is 3.01. The van der Waals surface area contributed by atoms with E-state index in [0.29, 0.717) is 5.69 Å². The number of carboxylic acids is 1. The molecule has 0 radical (unpaired) electrons. The number of aromatic carboxylic acids is 1. The maximum atomic E-state index is 12.1. The summed E-state index contributed by atoms with van der Waals surface area (Å²) in [5.74, 6) is -1.45. The van der Waals surface area contributed by atoms with Crippen LogP contribution >= 0.6 is 0 Å². The first-order valence-electron chi connectivity index (χ1n) is 5.55. The highest BCUT2D eigenvalue weighted by atomic mass is 16.4. The summed E-state index contributed by atoms with van der Waals surface area (Å²) in [6.07, 6.45) is 0. The second kappa shape index (κ2) is 4.48. The molecule has 0 fully saturated rings. The zero-order valence-corrected chi connectivity index (χ0v) is 10.1. The van der Waals surface area contributed by atoms with Crippen LogP contribution in [0.5, 0.6) is 0 Å². The standard InChI is InChI=1S/C12H13N3O3/c1-3-14-10(11(16)17)13-15(12(14)18)9-7-5-4-6-8(9)2/h4-7H,3H2,1-2H3,(H,16,17). The van der Waals surface area contributed by atoms with Gasteiger partial charge in [-0.25, -0.2) is 9.59 Å². The molecule has 1 aromatic heterocycles. The van der Waals surface area contributed by atoms with Crippen LogP contribution in [0.3, 0.4) is 0 Å². The third-order valence-corrected chi connectivity index (χ3v) is 2.71. The fourth-order valence-corrected chi connectivity index (χ4v) is 1.80. The minimum absolute atomic E-state index is 0.245. The van der Waals surface area contributed by atoms with Crippen molar-refractivity contribution in [3.63, 3.8) is 0 Å². The molecule has 0 aliphatic heterocycles. The Morgan fingerprint density at radius 1 is 1.39 bits per heavy atom. The molecule has 0 saturated heterocycles. The third kappa shape index (κ3) is 1.81. The molecule has 2 aromatic rings. The smallest absolute Gasteiger partial charge is 0.374 e. The Hall–Kier alpha value is -2.37. The van der Waals surface area contributed by atoms with E-state index in [-0.39, 0.29) is 12.4 Å². The number of rotatable bonds is 3. The van der Waals surface area contributed by atoms with Crippen molar-refractivity contribution in [2.75, 3.05) is 0 Å². The first kappa shape index (κ1) is 12.1. The number of nitrogens with zero attached hydrogens (tertiary/aromatic N) is 3. The molecule has 0 spiro atoms. The predicted octanol–water partition coefficient (Wildman–Crippen LogP) is 1.06. The maximum absolute atomic E-state index is 12.1. The van der Waals surface area contributed by atoms with Gasteiger partial charge in [0.25, 0.3) is 0 Å². The molecular formula is C12H13N3O3. The molecule has 0 unspecified atom stereocenters. The van der Waals surface area contributed by atoms with Crippen molar-refractivity contribution in [3.05, 3.63) is 46.1 Å². The summed E-state index contributed by atoms with van der Waals surface area (Å²) in [4.78, 5) is 23.1. The summed E-state index contributed by atoms with van der Waals surface area (Å²) in [6, 6.07) is 7.20. The number of carboxylic acid groups (broad SMARTS) is 1. The molecule has 0 atom stereocenters. The molecule has 0 aliphatic carbocycles. The van der Waals surface area contributed by atoms with Gasteiger partial charge in [-0.3, -0.25) is 4.57 Å². The first-order chi connectivity index (χ1) is 8.56. The predicted molar refractivity (Wildman–Crippen MR) is 65.2 cm³/mol. The Bertz CT molecular complexity index is 655. The van der Waals surface area contributed by atoms with Crippen LogP contribution in [0.1, 0.15) is 23.1 Å². The van der Waals surface area contributed by atoms with E-state index in [4.69, 9.17) is 5.11 Å². The number of aromatic nitrogens is 3. The number of aryl methyl sites for hydroxylation is 1. The van der Waals surface area contributed by atoms with Gasteiger partial charge in [0.05, 0.1) is 5.69 Å². The van der Waals surface area contributed by atoms with Gasteiger partial charge in [-0.05, 0) is 25.5 Å². The maximum Gasteiger partial charge on any atom is 0.374 e. The lowest BCUT2D eigenvalue weighted by Gasteiger charge is -2.02. The molecule has 94 valence electrons. The van der Waals surface area contributed by atoms with Crippen LogP contribution in [0.2, 0.25) is 0 Å². The van der Waals surface area contributed by atoms with E-state index in [0.717, 1.165) is 14.8 Å². The third-order valence-electron chi connectivity index (χ3n) is 2.71. The van der Waals surface area contributed by atoms with Crippen molar-refractivity contribution < 1.29 is 9.90 Å². The minimum atomic E-state index is -1.21. The summed E-state index contributed by atoms with van der Waals surface area (Å²) >= 11 is 0. The summed E-state index contributed by atoms with van der Waals surface area (Å²) in [6.45, 7) is 3.82. The van der Waals surface area contributed by atoms with E-state index in [9.17, 15) is 9.59 Å². The van der Waals surface area contributed by atoms with Crippen molar-refractivity contribution in [2.24, 2.45) is 0 Å². The van der Waals surface area contributed by atoms with E-state index in [1.807, 2.05) is 19.1 Å². The monoisotopic (exact) mass is 247 g/mol. The van der Waals surface area contributed by atoms with Gasteiger partial charge in [0, 0.05) is 6.54 Å². The van der Waals surface area contributed by atoms with E-state index in [2.05, 4.69) is 5.10 Å². The van der Waals surface area contributed by atoms with Crippen molar-refractivity contribution in [1.29, 1.82) is 0 Å². The molecule has 1 aromatic carbocycles. The first-order valence-corrected chi connectivity index (χ1v) is 5.55. The van der Waals surface area contributed by atoms with Gasteiger partial charge in [-0.15, -0.1) is 5.10 Å². The molecule has 6 heteroatoms. The highest BCUT2D eigenvalue weighted by Gasteiger charge is 2.19. The van der Waals surface area contributed by atoms with Gasteiger partial charge in [-0.2, -0.15) is 4.68 Å². The van der Waals surface area contributed by atoms with Crippen molar-refractivity contribution in [1.82, 2.24) is 14.3 Å². The highest BCUT2D eigenvalue weighted by Crippen LogP contribution is 2.10. The molecule has 6 nitrogen and oxygen atoms in total. The summed E-state index contributed by atoms with van der Waals surface area (Å²) in [5.41, 5.74) is 1.01. The summed E-state index contributed by atoms with van der Waals surface area (Å²) in [7, 11) is 0. The molecule has 0 saturated carbocycles. The van der Waals surface area contributed by atoms with Crippen LogP contribution in [0.15, 0.2) is 29.1 Å². The zero-order valence-electron chi connectivity index (χ0n) is 10.1. The van der Waals surface area contributed by atoms with Gasteiger partial charge in [0.15, 0.2) is 0 Å². The molecule has 0 bridgehead atoms. The van der Waals surface area contributed by atoms with Crippen LogP contribution in [0, 0.1) is 6.92 Å². The van der Waals surface area contributed by atoms with Gasteiger partial charge in [0.1, 0.15) is 0 Å². The van der Waals surface area contributed by atoms with Gasteiger partial charge < -0.3 is 5.11 Å². The van der Waals surface area contributed by atoms with Crippen LogP contribution in [-0.2, 0) is 6.54 Å². The Morgan fingerprint density at radius 3 is 2.56 bits per heavy atom. The van der Waals surface area contributed by atoms with Crippen molar-refractivity contribution >= 4 is 5.97 Å². The molecule has 0 aliphatic rings. The zero-order chi connectivity index (χ0) is 13.3. The van der Waals surface area contributed by atoms with Crippen LogP contribution < -0.4 is 5.69 Å². The van der Waals surface area contributed by atoms with Gasteiger partial charge in [0.2, 0.25) is 5.82 Å². The summed E-state index contributed by atoms with van der Waals surface area (Å²) < 4.78 is 2.26. The fourth-order valence-electron chi connectivity index (χ4n) is 1.80. The van der Waals surface area contributed by atoms with Crippen LogP contribution in [-0.4, -0.2) is 25.4 Å². The van der Waals surface area contributed by atoms with Crippen LogP contribution in [0.4, 0.5) is 0 Å². The molecule has 1 heterocycles. The summed E-state index contributed by atoms with van der Waals surface area (Å²) in [5, 5.41) is 12.9. The Balaban J connectivity index is 2.71. The lowest BCUT2D eigenvalue weighted by Crippen LogP contribution is -2.24. The van der Waals surface area contributed by atoms with Gasteiger partial charge >= 0.3 is 11.7 Å². The number of carbonyl (C=O) groups is 1. The number of hydrogen-bond acceptors (Lipinski definition) is 3. The largest absolute Gasteiger partial charge is 0.475 e. The average molecular weight is 247 g/mol. The van der Waals surface area contributed by atoms with E-state index in [1.165, 1.54) is 0 Å². The second-order valence-electron chi connectivity index (χ2n) is 3.85. The lowest BCUT2D eigenvalue weighted by molar-refractivity contribution is 0.0677. The fraction of sp³-hybridized carbons (Fsp3) is 0.250. The molecule has 18 heavy (non-hydrogen) atoms. The van der Waals surface area contributed by atoms with Gasteiger partial charge in [-0.1, -0.05) is 18.2 Å². The topological polar surface area (TPSA) is 77.1 Å². The second-order valence-corrected chi connectivity index (χ2v) is 3.85. The molecular weight excluding hydrogens is 234 g/mol. The number of benzene rings is 1. The molecule has 2 rings (SSSR count). The van der Waals surface area contributed by atoms with E-state index < -0.39 is 11.7 Å². The Morgan fingerprint density at radius 2 is 2.06 bits per heavy atom. The SMILES string of the molecule is CCn1c(C(=O)O)nn(-c2ccccc2C)c1=O. The number of para-hydroxylation sites is 1. The van der Waals surface area contributed by atoms with E-state index >= 15 is 0 Å². The highest BCUT2D eigenvalue weighted by molar-refractivity contribution is 5.83. The number of hydrogen-bond donors (Lipinski definition) is 1. The van der Waals surface area contributed by atoms with Crippen LogP contribution in [0.25, 0.3) is 5.69 Å². The lowest BCUT2D eigenvalue weighted by atomic mass is 10.2. The van der Waals surface area contributed by atoms with Crippen molar-refractivity contribution in [3.8, 4) is 5.69 Å². The normalized spacial score (nSPS) is 10.6. The quantitative estimate of drug-likeness (QED) is 0.879. The van der Waals surface area contributed by atoms with Crippen molar-refractivity contribution in [2.45, 2.75) is 20.4 Å². The average Bonchev–Trinajstić information content (AvgIpc) is 2.67.